The molecule has 3 aliphatic rings. The van der Waals surface area contributed by atoms with Gasteiger partial charge >= 0.3 is 0 Å². The van der Waals surface area contributed by atoms with Crippen molar-refractivity contribution < 1.29 is 4.74 Å². The van der Waals surface area contributed by atoms with Crippen LogP contribution in [-0.4, -0.2) is 80.4 Å². The standard InChI is InChI=1S/C12H24N4O.C2H6/c13-11-7-14-2-1-12(11)16-4-3-15-5-6-17-9-10(15)8-16;1-2/h10-12,14H,1-9,13H2;1-2H3. The van der Waals surface area contributed by atoms with Crippen LogP contribution < -0.4 is 11.1 Å². The van der Waals surface area contributed by atoms with Crippen LogP contribution in [0.15, 0.2) is 0 Å². The van der Waals surface area contributed by atoms with Gasteiger partial charge in [0.2, 0.25) is 0 Å². The lowest BCUT2D eigenvalue weighted by Gasteiger charge is -2.48. The molecule has 0 amide bonds. The number of hydrogen-bond donors (Lipinski definition) is 2. The molecular weight excluding hydrogens is 240 g/mol. The summed E-state index contributed by atoms with van der Waals surface area (Å²) in [6, 6.07) is 1.46. The van der Waals surface area contributed by atoms with Gasteiger partial charge in [-0.3, -0.25) is 9.80 Å². The monoisotopic (exact) mass is 270 g/mol. The van der Waals surface area contributed by atoms with Gasteiger partial charge in [-0.25, -0.2) is 0 Å². The van der Waals surface area contributed by atoms with Gasteiger partial charge in [-0.05, 0) is 13.0 Å². The lowest BCUT2D eigenvalue weighted by Crippen LogP contribution is -2.64. The van der Waals surface area contributed by atoms with Crippen molar-refractivity contribution in [1.29, 1.82) is 0 Å². The zero-order chi connectivity index (χ0) is 13.7. The molecule has 0 spiro atoms. The Bertz CT molecular complexity index is 264. The Morgan fingerprint density at radius 2 is 1.95 bits per heavy atom. The van der Waals surface area contributed by atoms with Crippen molar-refractivity contribution in [2.75, 3.05) is 52.5 Å². The minimum atomic E-state index is 0.291. The van der Waals surface area contributed by atoms with Gasteiger partial charge in [-0.2, -0.15) is 0 Å². The van der Waals surface area contributed by atoms with E-state index >= 15 is 0 Å². The van der Waals surface area contributed by atoms with E-state index in [1.807, 2.05) is 13.8 Å². The molecule has 0 bridgehead atoms. The molecule has 3 aliphatic heterocycles. The molecule has 3 N–H and O–H groups in total. The maximum atomic E-state index is 6.23. The number of morpholine rings is 1. The molecule has 112 valence electrons. The lowest BCUT2D eigenvalue weighted by molar-refractivity contribution is -0.0569. The first kappa shape index (κ1) is 15.2. The summed E-state index contributed by atoms with van der Waals surface area (Å²) in [5.74, 6) is 0. The van der Waals surface area contributed by atoms with Gasteiger partial charge in [0.05, 0.1) is 13.2 Å². The van der Waals surface area contributed by atoms with Crippen molar-refractivity contribution in [1.82, 2.24) is 15.1 Å². The van der Waals surface area contributed by atoms with Gasteiger partial charge in [-0.1, -0.05) is 13.8 Å². The Balaban J connectivity index is 0.000000637. The Hall–Kier alpha value is -0.200. The summed E-state index contributed by atoms with van der Waals surface area (Å²) in [7, 11) is 0. The molecular formula is C14H30N4O. The van der Waals surface area contributed by atoms with E-state index in [4.69, 9.17) is 10.5 Å². The van der Waals surface area contributed by atoms with Crippen LogP contribution >= 0.6 is 0 Å². The third kappa shape index (κ3) is 3.67. The van der Waals surface area contributed by atoms with E-state index in [0.717, 1.165) is 39.4 Å². The molecule has 5 heteroatoms. The number of rotatable bonds is 1. The molecule has 3 saturated heterocycles. The van der Waals surface area contributed by atoms with E-state index in [9.17, 15) is 0 Å². The molecule has 0 radical (unpaired) electrons. The predicted molar refractivity (Wildman–Crippen MR) is 78.4 cm³/mol. The fourth-order valence-electron chi connectivity index (χ4n) is 3.39. The maximum absolute atomic E-state index is 6.23. The van der Waals surface area contributed by atoms with E-state index in [2.05, 4.69) is 15.1 Å². The number of nitrogens with two attached hydrogens (primary N) is 1. The van der Waals surface area contributed by atoms with Crippen molar-refractivity contribution >= 4 is 0 Å². The minimum absolute atomic E-state index is 0.291. The average molecular weight is 270 g/mol. The number of piperazine rings is 1. The second-order valence-corrected chi connectivity index (χ2v) is 5.48. The first-order chi connectivity index (χ1) is 9.34. The number of ether oxygens (including phenoxy) is 1. The summed E-state index contributed by atoms with van der Waals surface area (Å²) in [5.41, 5.74) is 6.23. The van der Waals surface area contributed by atoms with Crippen LogP contribution in [0.2, 0.25) is 0 Å². The molecule has 19 heavy (non-hydrogen) atoms. The smallest absolute Gasteiger partial charge is 0.0634 e. The second-order valence-electron chi connectivity index (χ2n) is 5.48. The highest BCUT2D eigenvalue weighted by Crippen LogP contribution is 2.19. The van der Waals surface area contributed by atoms with Crippen molar-refractivity contribution in [2.24, 2.45) is 5.73 Å². The summed E-state index contributed by atoms with van der Waals surface area (Å²) >= 11 is 0. The third-order valence-electron chi connectivity index (χ3n) is 4.43. The second kappa shape index (κ2) is 7.55. The summed E-state index contributed by atoms with van der Waals surface area (Å²) in [5, 5.41) is 3.37. The zero-order valence-electron chi connectivity index (χ0n) is 12.5. The van der Waals surface area contributed by atoms with Crippen LogP contribution in [0.5, 0.6) is 0 Å². The van der Waals surface area contributed by atoms with Crippen LogP contribution in [0.4, 0.5) is 0 Å². The molecule has 3 heterocycles. The quantitative estimate of drug-likeness (QED) is 0.686. The van der Waals surface area contributed by atoms with E-state index in [0.29, 0.717) is 18.1 Å². The summed E-state index contributed by atoms with van der Waals surface area (Å²) < 4.78 is 5.59. The molecule has 0 aromatic carbocycles. The topological polar surface area (TPSA) is 53.8 Å². The van der Waals surface area contributed by atoms with Crippen molar-refractivity contribution in [3.05, 3.63) is 0 Å². The molecule has 3 atom stereocenters. The first-order valence-corrected chi connectivity index (χ1v) is 7.87. The van der Waals surface area contributed by atoms with Crippen LogP contribution in [0.25, 0.3) is 0 Å². The molecule has 0 aliphatic carbocycles. The Morgan fingerprint density at radius 1 is 1.16 bits per heavy atom. The molecule has 0 aromatic rings. The number of piperidine rings is 1. The molecule has 5 nitrogen and oxygen atoms in total. The van der Waals surface area contributed by atoms with Crippen molar-refractivity contribution in [2.45, 2.75) is 38.4 Å². The normalized spacial score (nSPS) is 37.1. The Kier molecular flexibility index (Phi) is 6.04. The lowest BCUT2D eigenvalue weighted by atomic mass is 9.97. The Labute approximate surface area is 117 Å². The van der Waals surface area contributed by atoms with E-state index in [1.165, 1.54) is 19.5 Å². The van der Waals surface area contributed by atoms with Gasteiger partial charge < -0.3 is 15.8 Å². The number of nitrogens with one attached hydrogen (secondary N) is 1. The highest BCUT2D eigenvalue weighted by Gasteiger charge is 2.35. The fourth-order valence-corrected chi connectivity index (χ4v) is 3.39. The number of fused-ring (bicyclic) bond motifs is 1. The fraction of sp³-hybridized carbons (Fsp3) is 1.00. The summed E-state index contributed by atoms with van der Waals surface area (Å²) in [4.78, 5) is 5.17. The largest absolute Gasteiger partial charge is 0.378 e. The molecule has 0 saturated carbocycles. The molecule has 3 fully saturated rings. The highest BCUT2D eigenvalue weighted by molar-refractivity contribution is 4.93. The summed E-state index contributed by atoms with van der Waals surface area (Å²) in [6.45, 7) is 12.5. The number of nitrogens with zero attached hydrogens (tertiary/aromatic N) is 2. The first-order valence-electron chi connectivity index (χ1n) is 7.87. The van der Waals surface area contributed by atoms with Gasteiger partial charge in [0, 0.05) is 50.8 Å². The van der Waals surface area contributed by atoms with Crippen molar-refractivity contribution in [3.63, 3.8) is 0 Å². The molecule has 3 rings (SSSR count). The highest BCUT2D eigenvalue weighted by atomic mass is 16.5. The van der Waals surface area contributed by atoms with E-state index in [-0.39, 0.29) is 0 Å². The number of hydrogen-bond acceptors (Lipinski definition) is 5. The predicted octanol–water partition coefficient (Wildman–Crippen LogP) is -0.282. The molecule has 0 aromatic heterocycles. The van der Waals surface area contributed by atoms with Gasteiger partial charge in [-0.15, -0.1) is 0 Å². The van der Waals surface area contributed by atoms with Crippen molar-refractivity contribution in [3.8, 4) is 0 Å². The van der Waals surface area contributed by atoms with Crippen LogP contribution in [0.3, 0.4) is 0 Å². The van der Waals surface area contributed by atoms with E-state index < -0.39 is 0 Å². The Morgan fingerprint density at radius 3 is 2.74 bits per heavy atom. The molecule has 3 unspecified atom stereocenters. The van der Waals surface area contributed by atoms with Gasteiger partial charge in [0.1, 0.15) is 0 Å². The maximum Gasteiger partial charge on any atom is 0.0634 e. The van der Waals surface area contributed by atoms with Crippen LogP contribution in [0.1, 0.15) is 20.3 Å². The third-order valence-corrected chi connectivity index (χ3v) is 4.43. The van der Waals surface area contributed by atoms with Crippen LogP contribution in [0, 0.1) is 0 Å². The van der Waals surface area contributed by atoms with Gasteiger partial charge in [0.25, 0.3) is 0 Å². The SMILES string of the molecule is CC.NC1CNCCC1N1CCN2CCOCC2C1. The van der Waals surface area contributed by atoms with Gasteiger partial charge in [0.15, 0.2) is 0 Å². The minimum Gasteiger partial charge on any atom is -0.378 e. The van der Waals surface area contributed by atoms with E-state index in [1.54, 1.807) is 0 Å². The summed E-state index contributed by atoms with van der Waals surface area (Å²) in [6.07, 6.45) is 1.19. The average Bonchev–Trinajstić information content (AvgIpc) is 2.49. The zero-order valence-corrected chi connectivity index (χ0v) is 12.5. The van der Waals surface area contributed by atoms with Crippen LogP contribution in [-0.2, 0) is 4.74 Å².